The van der Waals surface area contributed by atoms with E-state index in [9.17, 15) is 22.9 Å². The van der Waals surface area contributed by atoms with Crippen molar-refractivity contribution < 1.29 is 22.9 Å². The predicted molar refractivity (Wildman–Crippen MR) is 198 cm³/mol. The Bertz CT molecular complexity index is 951. The summed E-state index contributed by atoms with van der Waals surface area (Å²) in [6.07, 6.45) is 44.8. The zero-order valence-corrected chi connectivity index (χ0v) is 30.2. The van der Waals surface area contributed by atoms with Crippen molar-refractivity contribution in [3.63, 3.8) is 0 Å². The molecular formula is C39H69NO5S. The molecule has 0 saturated carbocycles. The molecule has 2 unspecified atom stereocenters. The molecule has 6 nitrogen and oxygen atoms in total. The first kappa shape index (κ1) is 44.0. The molecule has 0 rings (SSSR count). The van der Waals surface area contributed by atoms with E-state index in [0.29, 0.717) is 12.8 Å². The summed E-state index contributed by atoms with van der Waals surface area (Å²) in [6, 6.07) is -1.08. The number of aliphatic hydroxyl groups is 1. The highest BCUT2D eigenvalue weighted by Crippen LogP contribution is 2.12. The van der Waals surface area contributed by atoms with Crippen LogP contribution in [-0.4, -0.2) is 41.9 Å². The van der Waals surface area contributed by atoms with E-state index in [2.05, 4.69) is 67.8 Å². The Balaban J connectivity index is 4.05. The molecule has 3 N–H and O–H groups in total. The molecule has 0 aliphatic carbocycles. The van der Waals surface area contributed by atoms with Gasteiger partial charge in [-0.05, 0) is 64.2 Å². The van der Waals surface area contributed by atoms with Gasteiger partial charge in [0, 0.05) is 6.42 Å². The number of carbonyl (C=O) groups excluding carboxylic acids is 1. The number of aliphatic hydroxyl groups excluding tert-OH is 1. The number of amides is 1. The molecule has 0 aromatic carbocycles. The van der Waals surface area contributed by atoms with Crippen LogP contribution < -0.4 is 5.32 Å². The first-order chi connectivity index (χ1) is 22.3. The summed E-state index contributed by atoms with van der Waals surface area (Å²) in [5, 5.41) is 13.1. The van der Waals surface area contributed by atoms with Crippen LogP contribution >= 0.6 is 0 Å². The molecule has 0 aliphatic heterocycles. The van der Waals surface area contributed by atoms with Gasteiger partial charge in [-0.15, -0.1) is 0 Å². The summed E-state index contributed by atoms with van der Waals surface area (Å²) in [4.78, 5) is 12.5. The number of hydrogen-bond donors (Lipinski definition) is 3. The van der Waals surface area contributed by atoms with Gasteiger partial charge in [-0.3, -0.25) is 9.35 Å². The lowest BCUT2D eigenvalue weighted by Gasteiger charge is -2.21. The normalized spacial score (nSPS) is 14.1. The van der Waals surface area contributed by atoms with Gasteiger partial charge in [-0.2, -0.15) is 8.42 Å². The summed E-state index contributed by atoms with van der Waals surface area (Å²) >= 11 is 0. The van der Waals surface area contributed by atoms with Gasteiger partial charge in [0.05, 0.1) is 17.9 Å². The molecule has 0 bridgehead atoms. The Morgan fingerprint density at radius 3 is 1.63 bits per heavy atom. The SMILES string of the molecule is CC/C=C\C/C=C\C/C=C\CCCCCCCCCC(=O)NC(CS(=O)(=O)O)C(O)/C=C/CC/C=C/CCCCCCCCCC. The molecule has 46 heavy (non-hydrogen) atoms. The highest BCUT2D eigenvalue weighted by molar-refractivity contribution is 7.85. The van der Waals surface area contributed by atoms with Gasteiger partial charge in [0.2, 0.25) is 5.91 Å². The fourth-order valence-electron chi connectivity index (χ4n) is 5.18. The molecule has 0 spiro atoms. The Hall–Kier alpha value is -1.96. The van der Waals surface area contributed by atoms with Crippen LogP contribution in [0.4, 0.5) is 0 Å². The third-order valence-corrected chi connectivity index (χ3v) is 8.71. The van der Waals surface area contributed by atoms with Crippen molar-refractivity contribution in [2.24, 2.45) is 0 Å². The second-order valence-electron chi connectivity index (χ2n) is 12.5. The van der Waals surface area contributed by atoms with Crippen LogP contribution in [0.1, 0.15) is 162 Å². The van der Waals surface area contributed by atoms with E-state index in [4.69, 9.17) is 0 Å². The molecule has 266 valence electrons. The van der Waals surface area contributed by atoms with Gasteiger partial charge >= 0.3 is 0 Å². The zero-order chi connectivity index (χ0) is 34.0. The number of allylic oxidation sites excluding steroid dienone is 9. The van der Waals surface area contributed by atoms with Crippen molar-refractivity contribution in [3.05, 3.63) is 60.8 Å². The third kappa shape index (κ3) is 33.4. The minimum atomic E-state index is -4.35. The standard InChI is InChI=1S/C39H69NO5S/c1-3-5-7-9-11-13-15-17-19-20-21-23-25-27-29-31-33-35-39(42)40-37(36-46(43,44)45)38(41)34-32-30-28-26-24-22-18-16-14-12-10-8-6-4-2/h5,7,11,13,17,19,24,26,32,34,37-38,41H,3-4,6,8-10,12,14-16,18,20-23,25,27-31,33,35-36H2,1-2H3,(H,40,42)(H,43,44,45)/b7-5-,13-11-,19-17-,26-24+,34-32+. The van der Waals surface area contributed by atoms with E-state index in [1.807, 2.05) is 0 Å². The number of rotatable bonds is 32. The molecule has 0 saturated heterocycles. The van der Waals surface area contributed by atoms with Crippen molar-refractivity contribution in [2.75, 3.05) is 5.75 Å². The lowest BCUT2D eigenvalue weighted by Crippen LogP contribution is -2.46. The summed E-state index contributed by atoms with van der Waals surface area (Å²) in [5.41, 5.74) is 0. The minimum Gasteiger partial charge on any atom is -0.387 e. The molecule has 0 fully saturated rings. The molecule has 0 aromatic rings. The first-order valence-electron chi connectivity index (χ1n) is 18.5. The second-order valence-corrected chi connectivity index (χ2v) is 14.0. The van der Waals surface area contributed by atoms with E-state index in [0.717, 1.165) is 57.8 Å². The summed E-state index contributed by atoms with van der Waals surface area (Å²) in [7, 11) is -4.35. The maximum atomic E-state index is 12.5. The molecule has 1 amide bonds. The highest BCUT2D eigenvalue weighted by Gasteiger charge is 2.24. The van der Waals surface area contributed by atoms with Crippen molar-refractivity contribution in [3.8, 4) is 0 Å². The highest BCUT2D eigenvalue weighted by atomic mass is 32.2. The molecule has 0 aromatic heterocycles. The van der Waals surface area contributed by atoms with Crippen molar-refractivity contribution in [1.82, 2.24) is 5.32 Å². The van der Waals surface area contributed by atoms with Gasteiger partial charge in [-0.1, -0.05) is 152 Å². The lowest BCUT2D eigenvalue weighted by molar-refractivity contribution is -0.122. The van der Waals surface area contributed by atoms with Crippen LogP contribution in [0.2, 0.25) is 0 Å². The van der Waals surface area contributed by atoms with Crippen molar-refractivity contribution in [2.45, 2.75) is 174 Å². The molecule has 2 atom stereocenters. The summed E-state index contributed by atoms with van der Waals surface area (Å²) in [6.45, 7) is 4.39. The average Bonchev–Trinajstić information content (AvgIpc) is 3.01. The Labute approximate surface area is 283 Å². The van der Waals surface area contributed by atoms with Gasteiger partial charge in [0.25, 0.3) is 10.1 Å². The predicted octanol–water partition coefficient (Wildman–Crippen LogP) is 10.5. The average molecular weight is 664 g/mol. The molecule has 0 heterocycles. The Kier molecular flexibility index (Phi) is 31.6. The zero-order valence-electron chi connectivity index (χ0n) is 29.4. The van der Waals surface area contributed by atoms with Crippen LogP contribution in [0.25, 0.3) is 0 Å². The second kappa shape index (κ2) is 33.0. The maximum absolute atomic E-state index is 12.5. The largest absolute Gasteiger partial charge is 0.387 e. The fraction of sp³-hybridized carbons (Fsp3) is 0.718. The van der Waals surface area contributed by atoms with Gasteiger partial charge in [0.1, 0.15) is 0 Å². The van der Waals surface area contributed by atoms with E-state index < -0.39 is 28.0 Å². The van der Waals surface area contributed by atoms with Crippen molar-refractivity contribution in [1.29, 1.82) is 0 Å². The number of hydrogen-bond acceptors (Lipinski definition) is 4. The lowest BCUT2D eigenvalue weighted by atomic mass is 10.1. The summed E-state index contributed by atoms with van der Waals surface area (Å²) < 4.78 is 32.4. The van der Waals surface area contributed by atoms with Gasteiger partial charge in [-0.25, -0.2) is 0 Å². The van der Waals surface area contributed by atoms with Crippen LogP contribution in [-0.2, 0) is 14.9 Å². The monoisotopic (exact) mass is 663 g/mol. The number of unbranched alkanes of at least 4 members (excludes halogenated alkanes) is 16. The Morgan fingerprint density at radius 2 is 1.07 bits per heavy atom. The van der Waals surface area contributed by atoms with Crippen molar-refractivity contribution >= 4 is 16.0 Å². The number of nitrogens with one attached hydrogen (secondary N) is 1. The quantitative estimate of drug-likeness (QED) is 0.0377. The Morgan fingerprint density at radius 1 is 0.609 bits per heavy atom. The van der Waals surface area contributed by atoms with E-state index in [-0.39, 0.29) is 12.3 Å². The number of carbonyl (C=O) groups is 1. The first-order valence-corrected chi connectivity index (χ1v) is 20.1. The van der Waals surface area contributed by atoms with Crippen LogP contribution in [0.15, 0.2) is 60.8 Å². The summed E-state index contributed by atoms with van der Waals surface area (Å²) in [5.74, 6) is -1.02. The van der Waals surface area contributed by atoms with Crippen LogP contribution in [0, 0.1) is 0 Å². The topological polar surface area (TPSA) is 104 Å². The van der Waals surface area contributed by atoms with E-state index in [1.54, 1.807) is 6.08 Å². The fourth-order valence-corrected chi connectivity index (χ4v) is 5.92. The molecule has 0 aliphatic rings. The van der Waals surface area contributed by atoms with Crippen LogP contribution in [0.3, 0.4) is 0 Å². The van der Waals surface area contributed by atoms with E-state index >= 15 is 0 Å². The maximum Gasteiger partial charge on any atom is 0.267 e. The molecule has 0 radical (unpaired) electrons. The van der Waals surface area contributed by atoms with Gasteiger partial charge < -0.3 is 10.4 Å². The molecular weight excluding hydrogens is 594 g/mol. The third-order valence-electron chi connectivity index (χ3n) is 7.93. The minimum absolute atomic E-state index is 0.274. The van der Waals surface area contributed by atoms with Crippen LogP contribution in [0.5, 0.6) is 0 Å². The van der Waals surface area contributed by atoms with Gasteiger partial charge in [0.15, 0.2) is 0 Å². The molecule has 7 heteroatoms. The van der Waals surface area contributed by atoms with E-state index in [1.165, 1.54) is 76.7 Å². The smallest absolute Gasteiger partial charge is 0.267 e.